The third-order valence-electron chi connectivity index (χ3n) is 3.98. The number of carbonyl (C=O) groups excluding carboxylic acids is 1. The van der Waals surface area contributed by atoms with Gasteiger partial charge >= 0.3 is 0 Å². The van der Waals surface area contributed by atoms with Gasteiger partial charge in [-0.3, -0.25) is 4.79 Å². The van der Waals surface area contributed by atoms with E-state index in [0.717, 1.165) is 16.8 Å². The van der Waals surface area contributed by atoms with Crippen LogP contribution in [0.4, 0.5) is 5.69 Å². The monoisotopic (exact) mass is 309 g/mol. The van der Waals surface area contributed by atoms with Gasteiger partial charge in [0.15, 0.2) is 0 Å². The van der Waals surface area contributed by atoms with E-state index in [1.54, 1.807) is 11.0 Å². The Kier molecular flexibility index (Phi) is 6.12. The van der Waals surface area contributed by atoms with Crippen molar-refractivity contribution >= 4 is 11.6 Å². The van der Waals surface area contributed by atoms with Crippen LogP contribution >= 0.6 is 0 Å². The van der Waals surface area contributed by atoms with E-state index in [2.05, 4.69) is 0 Å². The second-order valence-corrected chi connectivity index (χ2v) is 5.60. The third kappa shape index (κ3) is 4.54. The van der Waals surface area contributed by atoms with Gasteiger partial charge < -0.3 is 10.0 Å². The molecule has 2 rings (SSSR count). The smallest absolute Gasteiger partial charge is 0.234 e. The molecule has 3 nitrogen and oxygen atoms in total. The van der Waals surface area contributed by atoms with Gasteiger partial charge in [-0.25, -0.2) is 0 Å². The molecule has 23 heavy (non-hydrogen) atoms. The Morgan fingerprint density at radius 2 is 1.65 bits per heavy atom. The van der Waals surface area contributed by atoms with Crippen LogP contribution in [0.15, 0.2) is 72.3 Å². The number of amides is 1. The molecular weight excluding hydrogens is 286 g/mol. The van der Waals surface area contributed by atoms with Crippen molar-refractivity contribution < 1.29 is 9.90 Å². The molecule has 120 valence electrons. The zero-order valence-electron chi connectivity index (χ0n) is 13.6. The van der Waals surface area contributed by atoms with E-state index in [1.807, 2.05) is 74.5 Å². The van der Waals surface area contributed by atoms with Crippen molar-refractivity contribution in [2.45, 2.75) is 20.4 Å². The molecule has 1 N–H and O–H groups in total. The Morgan fingerprint density at radius 1 is 1.09 bits per heavy atom. The first-order chi connectivity index (χ1) is 11.1. The zero-order chi connectivity index (χ0) is 16.7. The van der Waals surface area contributed by atoms with Gasteiger partial charge in [-0.05, 0) is 31.5 Å². The standard InChI is InChI=1S/C20H23NO2/c1-16(13-14-22)17(2)20(23)21(19-11-7-4-8-12-19)15-18-9-5-3-6-10-18/h3-13,17,22H,14-15H2,1-2H3/t17-/m0/s1. The molecule has 0 aliphatic heterocycles. The van der Waals surface area contributed by atoms with Crippen molar-refractivity contribution in [3.8, 4) is 0 Å². The van der Waals surface area contributed by atoms with Crippen LogP contribution in [0.5, 0.6) is 0 Å². The van der Waals surface area contributed by atoms with Crippen molar-refractivity contribution in [3.63, 3.8) is 0 Å². The average molecular weight is 309 g/mol. The number of para-hydroxylation sites is 1. The highest BCUT2D eigenvalue weighted by atomic mass is 16.2. The number of hydrogen-bond acceptors (Lipinski definition) is 2. The number of rotatable bonds is 6. The molecule has 0 fully saturated rings. The largest absolute Gasteiger partial charge is 0.392 e. The predicted molar refractivity (Wildman–Crippen MR) is 94.1 cm³/mol. The molecule has 0 saturated carbocycles. The zero-order valence-corrected chi connectivity index (χ0v) is 13.6. The van der Waals surface area contributed by atoms with E-state index in [4.69, 9.17) is 5.11 Å². The lowest BCUT2D eigenvalue weighted by molar-refractivity contribution is -0.121. The lowest BCUT2D eigenvalue weighted by atomic mass is 10.00. The van der Waals surface area contributed by atoms with Gasteiger partial charge in [0.05, 0.1) is 19.1 Å². The molecule has 2 aromatic rings. The highest BCUT2D eigenvalue weighted by molar-refractivity contribution is 5.96. The van der Waals surface area contributed by atoms with E-state index in [9.17, 15) is 4.79 Å². The number of aliphatic hydroxyl groups is 1. The number of nitrogens with zero attached hydrogens (tertiary/aromatic N) is 1. The Morgan fingerprint density at radius 3 is 2.22 bits per heavy atom. The fourth-order valence-corrected chi connectivity index (χ4v) is 2.42. The third-order valence-corrected chi connectivity index (χ3v) is 3.98. The molecule has 0 saturated heterocycles. The Labute approximate surface area is 137 Å². The first-order valence-electron chi connectivity index (χ1n) is 7.81. The average Bonchev–Trinajstić information content (AvgIpc) is 2.60. The SMILES string of the molecule is CC(=CCO)[C@H](C)C(=O)N(Cc1ccccc1)c1ccccc1. The summed E-state index contributed by atoms with van der Waals surface area (Å²) in [6.45, 7) is 4.24. The van der Waals surface area contributed by atoms with Gasteiger partial charge in [0.1, 0.15) is 0 Å². The Balaban J connectivity index is 2.30. The summed E-state index contributed by atoms with van der Waals surface area (Å²) in [6, 6.07) is 19.6. The minimum absolute atomic E-state index is 0.0299. The summed E-state index contributed by atoms with van der Waals surface area (Å²) in [4.78, 5) is 14.8. The summed E-state index contributed by atoms with van der Waals surface area (Å²) in [5, 5.41) is 9.06. The maximum Gasteiger partial charge on any atom is 0.234 e. The molecule has 0 aliphatic rings. The summed E-state index contributed by atoms with van der Waals surface area (Å²) >= 11 is 0. The van der Waals surface area contributed by atoms with Crippen LogP contribution in [0.2, 0.25) is 0 Å². The highest BCUT2D eigenvalue weighted by Gasteiger charge is 2.23. The van der Waals surface area contributed by atoms with Crippen LogP contribution in [0, 0.1) is 5.92 Å². The molecule has 0 heterocycles. The first-order valence-corrected chi connectivity index (χ1v) is 7.81. The predicted octanol–water partition coefficient (Wildman–Crippen LogP) is 3.79. The summed E-state index contributed by atoms with van der Waals surface area (Å²) < 4.78 is 0. The topological polar surface area (TPSA) is 40.5 Å². The van der Waals surface area contributed by atoms with E-state index in [1.165, 1.54) is 0 Å². The maximum absolute atomic E-state index is 13.0. The van der Waals surface area contributed by atoms with Crippen LogP contribution in [-0.2, 0) is 11.3 Å². The van der Waals surface area contributed by atoms with E-state index in [0.29, 0.717) is 6.54 Å². The summed E-state index contributed by atoms with van der Waals surface area (Å²) in [7, 11) is 0. The summed E-state index contributed by atoms with van der Waals surface area (Å²) in [5.41, 5.74) is 2.84. The van der Waals surface area contributed by atoms with Crippen LogP contribution < -0.4 is 4.90 Å². The summed E-state index contributed by atoms with van der Waals surface area (Å²) in [5.74, 6) is -0.242. The minimum atomic E-state index is -0.272. The second-order valence-electron chi connectivity index (χ2n) is 5.60. The van der Waals surface area contributed by atoms with Gasteiger partial charge in [0.2, 0.25) is 5.91 Å². The number of aliphatic hydroxyl groups excluding tert-OH is 1. The first kappa shape index (κ1) is 17.0. The van der Waals surface area contributed by atoms with Gasteiger partial charge in [0.25, 0.3) is 0 Å². The molecular formula is C20H23NO2. The fourth-order valence-electron chi connectivity index (χ4n) is 2.42. The Bertz CT molecular complexity index is 650. The van der Waals surface area contributed by atoms with Crippen molar-refractivity contribution in [1.29, 1.82) is 0 Å². The lowest BCUT2D eigenvalue weighted by Gasteiger charge is -2.26. The molecule has 0 bridgehead atoms. The molecule has 3 heteroatoms. The molecule has 2 aromatic carbocycles. The van der Waals surface area contributed by atoms with Crippen LogP contribution in [0.25, 0.3) is 0 Å². The van der Waals surface area contributed by atoms with E-state index < -0.39 is 0 Å². The second kappa shape index (κ2) is 8.30. The van der Waals surface area contributed by atoms with Gasteiger partial charge in [-0.1, -0.05) is 60.2 Å². The van der Waals surface area contributed by atoms with Crippen molar-refractivity contribution in [1.82, 2.24) is 0 Å². The molecule has 0 aromatic heterocycles. The lowest BCUT2D eigenvalue weighted by Crippen LogP contribution is -2.35. The molecule has 0 aliphatic carbocycles. The molecule has 0 radical (unpaired) electrons. The van der Waals surface area contributed by atoms with Gasteiger partial charge in [-0.15, -0.1) is 0 Å². The number of benzene rings is 2. The number of carbonyl (C=O) groups is 1. The van der Waals surface area contributed by atoms with Crippen LogP contribution in [0.1, 0.15) is 19.4 Å². The van der Waals surface area contributed by atoms with Crippen molar-refractivity contribution in [2.75, 3.05) is 11.5 Å². The van der Waals surface area contributed by atoms with Crippen molar-refractivity contribution in [3.05, 3.63) is 77.9 Å². The molecule has 0 spiro atoms. The maximum atomic E-state index is 13.0. The van der Waals surface area contributed by atoms with Gasteiger partial charge in [-0.2, -0.15) is 0 Å². The quantitative estimate of drug-likeness (QED) is 0.825. The number of anilines is 1. The highest BCUT2D eigenvalue weighted by Crippen LogP contribution is 2.22. The molecule has 1 amide bonds. The number of hydrogen-bond donors (Lipinski definition) is 1. The van der Waals surface area contributed by atoms with E-state index in [-0.39, 0.29) is 18.4 Å². The molecule has 0 unspecified atom stereocenters. The van der Waals surface area contributed by atoms with Crippen molar-refractivity contribution in [2.24, 2.45) is 5.92 Å². The Hall–Kier alpha value is -2.39. The van der Waals surface area contributed by atoms with Crippen LogP contribution in [0.3, 0.4) is 0 Å². The summed E-state index contributed by atoms with van der Waals surface area (Å²) in [6.07, 6.45) is 1.69. The normalized spacial score (nSPS) is 12.7. The fraction of sp³-hybridized carbons (Fsp3) is 0.250. The van der Waals surface area contributed by atoms with Gasteiger partial charge in [0, 0.05) is 5.69 Å². The minimum Gasteiger partial charge on any atom is -0.392 e. The molecule has 1 atom stereocenters. The van der Waals surface area contributed by atoms with Crippen LogP contribution in [-0.4, -0.2) is 17.6 Å². The van der Waals surface area contributed by atoms with E-state index >= 15 is 0 Å².